The highest BCUT2D eigenvalue weighted by molar-refractivity contribution is 5.82. The number of nitrogens with one attached hydrogen (secondary N) is 1. The van der Waals surface area contributed by atoms with Crippen molar-refractivity contribution in [1.29, 1.82) is 0 Å². The van der Waals surface area contributed by atoms with Crippen LogP contribution in [0.4, 0.5) is 0 Å². The van der Waals surface area contributed by atoms with Crippen molar-refractivity contribution in [1.82, 2.24) is 10.2 Å². The Balaban J connectivity index is 1.45. The van der Waals surface area contributed by atoms with Crippen LogP contribution in [0, 0.1) is 0 Å². The van der Waals surface area contributed by atoms with Crippen molar-refractivity contribution in [2.45, 2.75) is 50.6 Å². The summed E-state index contributed by atoms with van der Waals surface area (Å²) in [7, 11) is 0. The molecule has 0 spiro atoms. The average molecular weight is 272 g/mol. The van der Waals surface area contributed by atoms with Gasteiger partial charge < -0.3 is 5.32 Å². The second-order valence-corrected chi connectivity index (χ2v) is 6.07. The molecular formula is C17H24N2O. The van der Waals surface area contributed by atoms with Gasteiger partial charge in [-0.3, -0.25) is 9.69 Å². The molecule has 1 N–H and O–H groups in total. The molecule has 3 heteroatoms. The topological polar surface area (TPSA) is 32.3 Å². The van der Waals surface area contributed by atoms with Crippen LogP contribution in [-0.4, -0.2) is 36.0 Å². The Morgan fingerprint density at radius 3 is 2.75 bits per heavy atom. The first-order valence-electron chi connectivity index (χ1n) is 7.91. The minimum atomic E-state index is 0.131. The molecule has 1 aliphatic carbocycles. The molecule has 1 amide bonds. The monoisotopic (exact) mass is 272 g/mol. The number of likely N-dealkylation sites (tertiary alicyclic amines) is 1. The summed E-state index contributed by atoms with van der Waals surface area (Å²) < 4.78 is 0. The van der Waals surface area contributed by atoms with Crippen LogP contribution >= 0.6 is 0 Å². The van der Waals surface area contributed by atoms with E-state index in [2.05, 4.69) is 40.5 Å². The Labute approximate surface area is 121 Å². The number of hydrogen-bond donors (Lipinski definition) is 1. The zero-order valence-corrected chi connectivity index (χ0v) is 12.1. The molecule has 1 saturated carbocycles. The van der Waals surface area contributed by atoms with E-state index >= 15 is 0 Å². The van der Waals surface area contributed by atoms with Crippen molar-refractivity contribution in [2.24, 2.45) is 0 Å². The average Bonchev–Trinajstić information content (AvgIpc) is 3.15. The first kappa shape index (κ1) is 13.6. The third kappa shape index (κ3) is 3.60. The smallest absolute Gasteiger partial charge is 0.237 e. The van der Waals surface area contributed by atoms with Crippen LogP contribution in [0.25, 0.3) is 0 Å². The van der Waals surface area contributed by atoms with E-state index in [0.717, 1.165) is 38.8 Å². The maximum Gasteiger partial charge on any atom is 0.237 e. The molecular weight excluding hydrogens is 248 g/mol. The molecule has 108 valence electrons. The van der Waals surface area contributed by atoms with Gasteiger partial charge in [0.25, 0.3) is 0 Å². The van der Waals surface area contributed by atoms with Gasteiger partial charge in [0.05, 0.1) is 6.04 Å². The normalized spacial score (nSPS) is 22.9. The second-order valence-electron chi connectivity index (χ2n) is 6.07. The number of amides is 1. The van der Waals surface area contributed by atoms with Crippen molar-refractivity contribution in [2.75, 3.05) is 13.1 Å². The lowest BCUT2D eigenvalue weighted by molar-refractivity contribution is -0.125. The number of aryl methyl sites for hydroxylation is 1. The molecule has 3 nitrogen and oxygen atoms in total. The molecule has 20 heavy (non-hydrogen) atoms. The number of rotatable bonds is 6. The standard InChI is InChI=1S/C17H24N2O/c20-17(18-15-10-11-15)16-9-5-13-19(16)12-4-8-14-6-2-1-3-7-14/h1-3,6-7,15-16H,4-5,8-13H2,(H,18,20). The number of nitrogens with zero attached hydrogens (tertiary/aromatic N) is 1. The van der Waals surface area contributed by atoms with Crippen molar-refractivity contribution >= 4 is 5.91 Å². The van der Waals surface area contributed by atoms with E-state index in [4.69, 9.17) is 0 Å². The van der Waals surface area contributed by atoms with Gasteiger partial charge in [0.2, 0.25) is 5.91 Å². The Morgan fingerprint density at radius 1 is 1.20 bits per heavy atom. The largest absolute Gasteiger partial charge is 0.352 e. The summed E-state index contributed by atoms with van der Waals surface area (Å²) in [4.78, 5) is 14.6. The molecule has 1 heterocycles. The van der Waals surface area contributed by atoms with Crippen LogP contribution in [0.5, 0.6) is 0 Å². The SMILES string of the molecule is O=C(NC1CC1)C1CCCN1CCCc1ccccc1. The van der Waals surface area contributed by atoms with Crippen LogP contribution in [0.2, 0.25) is 0 Å². The fraction of sp³-hybridized carbons (Fsp3) is 0.588. The molecule has 0 radical (unpaired) electrons. The van der Waals surface area contributed by atoms with Gasteiger partial charge in [0, 0.05) is 6.04 Å². The molecule has 2 fully saturated rings. The van der Waals surface area contributed by atoms with Crippen molar-refractivity contribution in [3.8, 4) is 0 Å². The van der Waals surface area contributed by atoms with Gasteiger partial charge in [0.15, 0.2) is 0 Å². The molecule has 0 bridgehead atoms. The Morgan fingerprint density at radius 2 is 2.00 bits per heavy atom. The Hall–Kier alpha value is -1.35. The highest BCUT2D eigenvalue weighted by atomic mass is 16.2. The molecule has 1 aliphatic heterocycles. The minimum Gasteiger partial charge on any atom is -0.352 e. The molecule has 3 rings (SSSR count). The fourth-order valence-electron chi connectivity index (χ4n) is 3.05. The quantitative estimate of drug-likeness (QED) is 0.862. The molecule has 0 aromatic heterocycles. The summed E-state index contributed by atoms with van der Waals surface area (Å²) in [5.41, 5.74) is 1.39. The van der Waals surface area contributed by atoms with Gasteiger partial charge in [-0.25, -0.2) is 0 Å². The van der Waals surface area contributed by atoms with E-state index in [1.165, 1.54) is 18.4 Å². The number of hydrogen-bond acceptors (Lipinski definition) is 2. The van der Waals surface area contributed by atoms with Gasteiger partial charge in [-0.15, -0.1) is 0 Å². The summed E-state index contributed by atoms with van der Waals surface area (Å²) in [6.07, 6.45) is 6.78. The Kier molecular flexibility index (Phi) is 4.36. The first-order valence-corrected chi connectivity index (χ1v) is 7.91. The van der Waals surface area contributed by atoms with Gasteiger partial charge in [-0.05, 0) is 57.2 Å². The highest BCUT2D eigenvalue weighted by Gasteiger charge is 2.33. The third-order valence-corrected chi connectivity index (χ3v) is 4.34. The lowest BCUT2D eigenvalue weighted by Crippen LogP contribution is -2.44. The van der Waals surface area contributed by atoms with Gasteiger partial charge in [-0.1, -0.05) is 30.3 Å². The molecule has 1 unspecified atom stereocenters. The molecule has 1 aromatic carbocycles. The van der Waals surface area contributed by atoms with Crippen molar-refractivity contribution in [3.05, 3.63) is 35.9 Å². The van der Waals surface area contributed by atoms with Crippen LogP contribution < -0.4 is 5.32 Å². The van der Waals surface area contributed by atoms with Crippen LogP contribution in [0.3, 0.4) is 0 Å². The predicted molar refractivity (Wildman–Crippen MR) is 80.5 cm³/mol. The summed E-state index contributed by atoms with van der Waals surface area (Å²) in [5.74, 6) is 0.268. The summed E-state index contributed by atoms with van der Waals surface area (Å²) in [6.45, 7) is 2.12. The number of carbonyl (C=O) groups is 1. The lowest BCUT2D eigenvalue weighted by atomic mass is 10.1. The first-order chi connectivity index (χ1) is 9.83. The second kappa shape index (κ2) is 6.40. The highest BCUT2D eigenvalue weighted by Crippen LogP contribution is 2.22. The number of carbonyl (C=O) groups excluding carboxylic acids is 1. The van der Waals surface area contributed by atoms with E-state index in [1.54, 1.807) is 0 Å². The maximum absolute atomic E-state index is 12.2. The van der Waals surface area contributed by atoms with Crippen LogP contribution in [-0.2, 0) is 11.2 Å². The Bertz CT molecular complexity index is 442. The summed E-state index contributed by atoms with van der Waals surface area (Å²) in [6, 6.07) is 11.2. The molecule has 1 atom stereocenters. The van der Waals surface area contributed by atoms with Gasteiger partial charge >= 0.3 is 0 Å². The van der Waals surface area contributed by atoms with E-state index in [-0.39, 0.29) is 11.9 Å². The van der Waals surface area contributed by atoms with Gasteiger partial charge in [-0.2, -0.15) is 0 Å². The third-order valence-electron chi connectivity index (χ3n) is 4.34. The molecule has 1 aromatic rings. The maximum atomic E-state index is 12.2. The fourth-order valence-corrected chi connectivity index (χ4v) is 3.05. The van der Waals surface area contributed by atoms with Crippen molar-refractivity contribution in [3.63, 3.8) is 0 Å². The van der Waals surface area contributed by atoms with Crippen molar-refractivity contribution < 1.29 is 4.79 Å². The lowest BCUT2D eigenvalue weighted by Gasteiger charge is -2.23. The van der Waals surface area contributed by atoms with E-state index < -0.39 is 0 Å². The summed E-state index contributed by atoms with van der Waals surface area (Å²) in [5, 5.41) is 3.15. The van der Waals surface area contributed by atoms with Crippen LogP contribution in [0.15, 0.2) is 30.3 Å². The van der Waals surface area contributed by atoms with Gasteiger partial charge in [0.1, 0.15) is 0 Å². The van der Waals surface area contributed by atoms with Crippen LogP contribution in [0.1, 0.15) is 37.7 Å². The minimum absolute atomic E-state index is 0.131. The van der Waals surface area contributed by atoms with E-state index in [9.17, 15) is 4.79 Å². The van der Waals surface area contributed by atoms with E-state index in [0.29, 0.717) is 6.04 Å². The summed E-state index contributed by atoms with van der Waals surface area (Å²) >= 11 is 0. The molecule has 2 aliphatic rings. The zero-order chi connectivity index (χ0) is 13.8. The number of benzene rings is 1. The zero-order valence-electron chi connectivity index (χ0n) is 12.1. The molecule has 1 saturated heterocycles. The van der Waals surface area contributed by atoms with E-state index in [1.807, 2.05) is 0 Å². The predicted octanol–water partition coefficient (Wildman–Crippen LogP) is 2.36.